The molecule has 3 aromatic rings. The first-order valence-corrected chi connectivity index (χ1v) is 8.69. The van der Waals surface area contributed by atoms with Gasteiger partial charge in [-0.05, 0) is 37.6 Å². The fourth-order valence-corrected chi connectivity index (χ4v) is 4.03. The first-order chi connectivity index (χ1) is 12.2. The van der Waals surface area contributed by atoms with E-state index in [1.165, 1.54) is 28.2 Å². The van der Waals surface area contributed by atoms with Gasteiger partial charge in [-0.25, -0.2) is 4.98 Å². The van der Waals surface area contributed by atoms with Crippen molar-refractivity contribution in [3.63, 3.8) is 0 Å². The van der Waals surface area contributed by atoms with Crippen LogP contribution in [0.5, 0.6) is 0 Å². The third-order valence-corrected chi connectivity index (χ3v) is 5.28. The van der Waals surface area contributed by atoms with Crippen LogP contribution >= 0.6 is 0 Å². The molecule has 124 valence electrons. The minimum absolute atomic E-state index is 0.237. The van der Waals surface area contributed by atoms with Crippen LogP contribution in [0.25, 0.3) is 5.69 Å². The molecular weight excluding hydrogens is 308 g/mol. The summed E-state index contributed by atoms with van der Waals surface area (Å²) >= 11 is 0. The zero-order valence-electron chi connectivity index (χ0n) is 14.4. The van der Waals surface area contributed by atoms with Crippen LogP contribution in [0.15, 0.2) is 67.3 Å². The van der Waals surface area contributed by atoms with Gasteiger partial charge in [0.2, 0.25) is 0 Å². The third kappa shape index (κ3) is 2.03. The largest absolute Gasteiger partial charge is 0.326 e. The smallest absolute Gasteiger partial charge is 0.117 e. The maximum Gasteiger partial charge on any atom is 0.117 e. The fraction of sp³-hybridized carbons (Fsp3) is 0.190. The van der Waals surface area contributed by atoms with Crippen molar-refractivity contribution in [2.24, 2.45) is 0 Å². The van der Waals surface area contributed by atoms with Gasteiger partial charge in [-0.3, -0.25) is 0 Å². The maximum absolute atomic E-state index is 4.51. The number of imidazole rings is 1. The minimum atomic E-state index is 0.237. The van der Waals surface area contributed by atoms with Crippen molar-refractivity contribution in [1.29, 1.82) is 0 Å². The second-order valence-electron chi connectivity index (χ2n) is 6.70. The van der Waals surface area contributed by atoms with Crippen molar-refractivity contribution in [2.75, 3.05) is 9.80 Å². The van der Waals surface area contributed by atoms with Crippen LogP contribution in [0.3, 0.4) is 0 Å². The molecule has 2 aliphatic rings. The molecule has 5 rings (SSSR count). The van der Waals surface area contributed by atoms with Crippen LogP contribution in [0, 0.1) is 6.92 Å². The van der Waals surface area contributed by atoms with Crippen LogP contribution in [-0.4, -0.2) is 15.7 Å². The second-order valence-corrected chi connectivity index (χ2v) is 6.70. The predicted molar refractivity (Wildman–Crippen MR) is 101 cm³/mol. The number of aromatic nitrogens is 2. The van der Waals surface area contributed by atoms with Gasteiger partial charge in [0.15, 0.2) is 0 Å². The highest BCUT2D eigenvalue weighted by Gasteiger charge is 2.30. The van der Waals surface area contributed by atoms with E-state index in [4.69, 9.17) is 0 Å². The standard InChI is InChI=1S/C21H20N4/c1-15-8-9-19-18(14-20-22-10-11-25(19)20)21(15)24-13-12-23(16(24)2)17-6-4-3-5-7-17/h3-13,16H,14H2,1-2H3/t16-/m0/s1. The monoisotopic (exact) mass is 328 g/mol. The van der Waals surface area contributed by atoms with Crippen LogP contribution < -0.4 is 9.80 Å². The lowest BCUT2D eigenvalue weighted by atomic mass is 10.0. The summed E-state index contributed by atoms with van der Waals surface area (Å²) in [5.74, 6) is 1.12. The normalized spacial score (nSPS) is 17.9. The van der Waals surface area contributed by atoms with E-state index in [9.17, 15) is 0 Å². The summed E-state index contributed by atoms with van der Waals surface area (Å²) in [7, 11) is 0. The molecule has 25 heavy (non-hydrogen) atoms. The van der Waals surface area contributed by atoms with Gasteiger partial charge in [0, 0.05) is 42.5 Å². The maximum atomic E-state index is 4.51. The van der Waals surface area contributed by atoms with Crippen LogP contribution in [0.2, 0.25) is 0 Å². The van der Waals surface area contributed by atoms with Gasteiger partial charge in [-0.2, -0.15) is 0 Å². The quantitative estimate of drug-likeness (QED) is 0.550. The highest BCUT2D eigenvalue weighted by molar-refractivity contribution is 5.73. The topological polar surface area (TPSA) is 24.3 Å². The van der Waals surface area contributed by atoms with Gasteiger partial charge in [-0.1, -0.05) is 24.3 Å². The van der Waals surface area contributed by atoms with E-state index in [0.717, 1.165) is 12.2 Å². The number of hydrogen-bond acceptors (Lipinski definition) is 3. The molecule has 3 heterocycles. The lowest BCUT2D eigenvalue weighted by molar-refractivity contribution is 0.746. The molecule has 2 aliphatic heterocycles. The molecule has 0 saturated carbocycles. The molecule has 1 aromatic heterocycles. The van der Waals surface area contributed by atoms with E-state index < -0.39 is 0 Å². The summed E-state index contributed by atoms with van der Waals surface area (Å²) in [5.41, 5.74) is 6.45. The van der Waals surface area contributed by atoms with Crippen molar-refractivity contribution >= 4 is 11.4 Å². The van der Waals surface area contributed by atoms with Gasteiger partial charge in [0.05, 0.1) is 11.4 Å². The molecular formula is C21H20N4. The number of nitrogens with zero attached hydrogens (tertiary/aromatic N) is 4. The Bertz CT molecular complexity index is 971. The Morgan fingerprint density at radius 1 is 1.00 bits per heavy atom. The Morgan fingerprint density at radius 2 is 1.80 bits per heavy atom. The number of benzene rings is 2. The van der Waals surface area contributed by atoms with Gasteiger partial charge in [-0.15, -0.1) is 0 Å². The van der Waals surface area contributed by atoms with Crippen molar-refractivity contribution in [3.8, 4) is 5.69 Å². The zero-order chi connectivity index (χ0) is 17.0. The molecule has 0 aliphatic carbocycles. The minimum Gasteiger partial charge on any atom is -0.326 e. The van der Waals surface area contributed by atoms with E-state index in [1.54, 1.807) is 0 Å². The van der Waals surface area contributed by atoms with Gasteiger partial charge < -0.3 is 14.4 Å². The Balaban J connectivity index is 1.57. The Morgan fingerprint density at radius 3 is 2.64 bits per heavy atom. The second kappa shape index (κ2) is 5.24. The van der Waals surface area contributed by atoms with E-state index in [0.29, 0.717) is 0 Å². The number of aryl methyl sites for hydroxylation is 1. The summed E-state index contributed by atoms with van der Waals surface area (Å²) < 4.78 is 2.21. The van der Waals surface area contributed by atoms with Crippen molar-refractivity contribution in [3.05, 3.63) is 84.2 Å². The summed E-state index contributed by atoms with van der Waals surface area (Å²) in [5, 5.41) is 0. The lowest BCUT2D eigenvalue weighted by Gasteiger charge is -2.32. The average molecular weight is 328 g/mol. The zero-order valence-corrected chi connectivity index (χ0v) is 14.4. The number of anilines is 2. The Labute approximate surface area is 147 Å². The molecule has 0 unspecified atom stereocenters. The summed E-state index contributed by atoms with van der Waals surface area (Å²) in [6.45, 7) is 4.45. The molecule has 0 fully saturated rings. The fourth-order valence-electron chi connectivity index (χ4n) is 4.03. The summed E-state index contributed by atoms with van der Waals surface area (Å²) in [6, 6.07) is 15.0. The van der Waals surface area contributed by atoms with Crippen LogP contribution in [0.1, 0.15) is 23.9 Å². The molecule has 4 heteroatoms. The lowest BCUT2D eigenvalue weighted by Crippen LogP contribution is -2.36. The van der Waals surface area contributed by atoms with E-state index in [1.807, 2.05) is 6.20 Å². The molecule has 0 saturated heterocycles. The summed E-state index contributed by atoms with van der Waals surface area (Å²) in [4.78, 5) is 9.20. The first-order valence-electron chi connectivity index (χ1n) is 8.69. The molecule has 4 nitrogen and oxygen atoms in total. The number of hydrogen-bond donors (Lipinski definition) is 0. The van der Waals surface area contributed by atoms with E-state index in [2.05, 4.69) is 94.3 Å². The molecule has 0 spiro atoms. The molecule has 0 radical (unpaired) electrons. The van der Waals surface area contributed by atoms with Crippen molar-refractivity contribution < 1.29 is 0 Å². The van der Waals surface area contributed by atoms with E-state index in [-0.39, 0.29) is 6.17 Å². The van der Waals surface area contributed by atoms with E-state index >= 15 is 0 Å². The Hall–Kier alpha value is -3.01. The molecule has 2 aromatic carbocycles. The number of rotatable bonds is 2. The molecule has 1 atom stereocenters. The molecule has 0 amide bonds. The highest BCUT2D eigenvalue weighted by atomic mass is 15.4. The highest BCUT2D eigenvalue weighted by Crippen LogP contribution is 2.40. The SMILES string of the molecule is Cc1ccc2c(c1N1C=CN(c3ccccc3)[C@@H]1C)Cc1nccn1-2. The molecule has 0 bridgehead atoms. The molecule has 0 N–H and O–H groups in total. The predicted octanol–water partition coefficient (Wildman–Crippen LogP) is 4.23. The third-order valence-electron chi connectivity index (χ3n) is 5.28. The van der Waals surface area contributed by atoms with Gasteiger partial charge in [0.1, 0.15) is 12.0 Å². The number of fused-ring (bicyclic) bond motifs is 3. The Kier molecular flexibility index (Phi) is 3.01. The average Bonchev–Trinajstić information content (AvgIpc) is 3.31. The van der Waals surface area contributed by atoms with Crippen molar-refractivity contribution in [2.45, 2.75) is 26.4 Å². The van der Waals surface area contributed by atoms with Crippen LogP contribution in [-0.2, 0) is 6.42 Å². The van der Waals surface area contributed by atoms with Crippen molar-refractivity contribution in [1.82, 2.24) is 9.55 Å². The first kappa shape index (κ1) is 14.3. The van der Waals surface area contributed by atoms with Crippen LogP contribution in [0.4, 0.5) is 11.4 Å². The number of para-hydroxylation sites is 1. The van der Waals surface area contributed by atoms with Gasteiger partial charge >= 0.3 is 0 Å². The van der Waals surface area contributed by atoms with Gasteiger partial charge in [0.25, 0.3) is 0 Å². The summed E-state index contributed by atoms with van der Waals surface area (Å²) in [6.07, 6.45) is 9.43.